The topological polar surface area (TPSA) is 134 Å². The molecule has 0 bridgehead atoms. The molecule has 8 nitrogen and oxygen atoms in total. The molecule has 0 amide bonds. The Kier molecular flexibility index (Phi) is 9.82. The fraction of sp³-hybridized carbons (Fsp3) is 0.800. The number of hydrogen-bond donors (Lipinski definition) is 4. The van der Waals surface area contributed by atoms with Gasteiger partial charge in [0.1, 0.15) is 6.61 Å². The molecule has 4 N–H and O–H groups in total. The van der Waals surface area contributed by atoms with Crippen LogP contribution in [0.25, 0.3) is 0 Å². The van der Waals surface area contributed by atoms with Gasteiger partial charge in [-0.3, -0.25) is 4.79 Å². The van der Waals surface area contributed by atoms with Crippen molar-refractivity contribution < 1.29 is 39.5 Å². The summed E-state index contributed by atoms with van der Waals surface area (Å²) >= 11 is 0. The molecular formula is C40H62O8. The van der Waals surface area contributed by atoms with Crippen LogP contribution in [0, 0.1) is 50.2 Å². The zero-order valence-corrected chi connectivity index (χ0v) is 30.7. The number of allylic oxidation sites excluding steroid dienone is 4. The zero-order valence-electron chi connectivity index (χ0n) is 30.7. The second kappa shape index (κ2) is 12.6. The van der Waals surface area contributed by atoms with Gasteiger partial charge in [0.2, 0.25) is 0 Å². The van der Waals surface area contributed by atoms with Gasteiger partial charge in [0.15, 0.2) is 0 Å². The van der Waals surface area contributed by atoms with Crippen molar-refractivity contribution in [3.63, 3.8) is 0 Å². The van der Waals surface area contributed by atoms with E-state index in [-0.39, 0.29) is 54.2 Å². The van der Waals surface area contributed by atoms with Crippen molar-refractivity contribution in [3.8, 4) is 0 Å². The van der Waals surface area contributed by atoms with Gasteiger partial charge < -0.3 is 29.9 Å². The lowest BCUT2D eigenvalue weighted by Gasteiger charge is -2.72. The van der Waals surface area contributed by atoms with Crippen LogP contribution in [0.3, 0.4) is 0 Å². The lowest BCUT2D eigenvalue weighted by atomic mass is 9.33. The number of carbonyl (C=O) groups excluding carboxylic acids is 2. The second-order valence-corrected chi connectivity index (χ2v) is 17.9. The van der Waals surface area contributed by atoms with Crippen LogP contribution in [-0.2, 0) is 19.1 Å². The first-order valence-electron chi connectivity index (χ1n) is 18.3. The Morgan fingerprint density at radius 1 is 0.917 bits per heavy atom. The summed E-state index contributed by atoms with van der Waals surface area (Å²) in [6.45, 7) is 20.4. The summed E-state index contributed by atoms with van der Waals surface area (Å²) in [7, 11) is 0. The van der Waals surface area contributed by atoms with E-state index in [4.69, 9.17) is 9.47 Å². The van der Waals surface area contributed by atoms with Gasteiger partial charge in [-0.05, 0) is 105 Å². The Balaban J connectivity index is 1.54. The molecule has 12 atom stereocenters. The fourth-order valence-electron chi connectivity index (χ4n) is 11.8. The maximum absolute atomic E-state index is 12.7. The molecule has 0 aromatic carbocycles. The summed E-state index contributed by atoms with van der Waals surface area (Å²) in [6, 6.07) is 0. The Labute approximate surface area is 288 Å². The number of rotatable bonds is 8. The molecule has 4 fully saturated rings. The van der Waals surface area contributed by atoms with Crippen LogP contribution in [0.5, 0.6) is 0 Å². The van der Waals surface area contributed by atoms with Crippen LogP contribution in [0.15, 0.2) is 36.0 Å². The molecule has 8 heteroatoms. The maximum Gasteiger partial charge on any atom is 0.333 e. The lowest BCUT2D eigenvalue weighted by Crippen LogP contribution is -2.72. The van der Waals surface area contributed by atoms with E-state index in [9.17, 15) is 30.0 Å². The molecule has 4 saturated carbocycles. The van der Waals surface area contributed by atoms with Gasteiger partial charge in [-0.25, -0.2) is 4.79 Å². The fourth-order valence-corrected chi connectivity index (χ4v) is 11.8. The highest BCUT2D eigenvalue weighted by Crippen LogP contribution is 2.75. The molecular weight excluding hydrogens is 608 g/mol. The first-order chi connectivity index (χ1) is 22.3. The number of hydrogen-bond acceptors (Lipinski definition) is 8. The smallest absolute Gasteiger partial charge is 0.333 e. The minimum Gasteiger partial charge on any atom is -0.465 e. The third-order valence-electron chi connectivity index (χ3n) is 15.2. The van der Waals surface area contributed by atoms with E-state index in [2.05, 4.69) is 40.3 Å². The Morgan fingerprint density at radius 2 is 1.60 bits per heavy atom. The number of carbonyl (C=O) groups is 2. The predicted octanol–water partition coefficient (Wildman–Crippen LogP) is 6.06. The summed E-state index contributed by atoms with van der Waals surface area (Å²) in [5, 5.41) is 47.1. The van der Waals surface area contributed by atoms with Gasteiger partial charge in [0.05, 0.1) is 36.4 Å². The molecule has 0 aliphatic heterocycles. The first-order valence-corrected chi connectivity index (χ1v) is 18.3. The summed E-state index contributed by atoms with van der Waals surface area (Å²) in [4.78, 5) is 25.4. The number of aliphatic hydroxyl groups is 4. The molecule has 5 rings (SSSR count). The van der Waals surface area contributed by atoms with Crippen molar-refractivity contribution in [2.75, 3.05) is 13.2 Å². The quantitative estimate of drug-likeness (QED) is 0.139. The molecule has 48 heavy (non-hydrogen) atoms. The van der Waals surface area contributed by atoms with Crippen LogP contribution in [0.4, 0.5) is 0 Å². The Bertz CT molecular complexity index is 1350. The van der Waals surface area contributed by atoms with Gasteiger partial charge in [-0.15, -0.1) is 6.58 Å². The first kappa shape index (κ1) is 37.3. The molecule has 5 aliphatic carbocycles. The summed E-state index contributed by atoms with van der Waals surface area (Å²) in [5.41, 5.74) is -1.43. The van der Waals surface area contributed by atoms with Crippen molar-refractivity contribution >= 4 is 11.9 Å². The standard InChI is InChI=1S/C40H62O8/c1-10-12-13-31(43)47-23-40-26(20-35(4,5)32(44)33(40)45)25-14-15-28-36(6)18-17-29(41)37(7,22-48-34(46)24(3)11-2)27(36)16-19-38(28,8)39(25,9)21-30(40)42/h10-11,14,26-30,32-33,41-42,44-45H,1,12-13,15-23H2,2-9H3/b24-11+/t26?,27?,28?,29-,30+,32-,33-,36-,37+,38+,39+,40-/m0/s1. The molecule has 0 aromatic rings. The van der Waals surface area contributed by atoms with Gasteiger partial charge in [0.25, 0.3) is 0 Å². The van der Waals surface area contributed by atoms with Gasteiger partial charge in [-0.2, -0.15) is 0 Å². The van der Waals surface area contributed by atoms with Crippen molar-refractivity contribution in [2.45, 2.75) is 138 Å². The van der Waals surface area contributed by atoms with Crippen LogP contribution >= 0.6 is 0 Å². The third kappa shape index (κ3) is 5.29. The lowest BCUT2D eigenvalue weighted by molar-refractivity contribution is -0.261. The van der Waals surface area contributed by atoms with Crippen LogP contribution in [-0.4, -0.2) is 70.0 Å². The highest BCUT2D eigenvalue weighted by atomic mass is 16.5. The van der Waals surface area contributed by atoms with Gasteiger partial charge in [-0.1, -0.05) is 65.3 Å². The van der Waals surface area contributed by atoms with Gasteiger partial charge in [0, 0.05) is 17.4 Å². The minimum absolute atomic E-state index is 0.136. The zero-order chi connectivity index (χ0) is 35.7. The predicted molar refractivity (Wildman–Crippen MR) is 184 cm³/mol. The minimum atomic E-state index is -1.27. The third-order valence-corrected chi connectivity index (χ3v) is 15.2. The average molecular weight is 671 g/mol. The number of aliphatic hydroxyl groups excluding tert-OH is 4. The van der Waals surface area contributed by atoms with E-state index in [1.165, 1.54) is 5.57 Å². The molecule has 0 aromatic heterocycles. The summed E-state index contributed by atoms with van der Waals surface area (Å²) < 4.78 is 11.7. The Morgan fingerprint density at radius 3 is 2.25 bits per heavy atom. The van der Waals surface area contributed by atoms with E-state index in [1.54, 1.807) is 19.1 Å². The molecule has 0 radical (unpaired) electrons. The highest BCUT2D eigenvalue weighted by Gasteiger charge is 2.72. The van der Waals surface area contributed by atoms with Crippen molar-refractivity contribution in [2.24, 2.45) is 50.2 Å². The number of esters is 2. The summed E-state index contributed by atoms with van der Waals surface area (Å²) in [6.07, 6.45) is 7.48. The maximum atomic E-state index is 12.7. The normalized spacial score (nSPS) is 46.5. The molecule has 0 saturated heterocycles. The van der Waals surface area contributed by atoms with Crippen LogP contribution < -0.4 is 0 Å². The van der Waals surface area contributed by atoms with Gasteiger partial charge >= 0.3 is 11.9 Å². The molecule has 270 valence electrons. The largest absolute Gasteiger partial charge is 0.465 e. The molecule has 0 heterocycles. The van der Waals surface area contributed by atoms with E-state index >= 15 is 0 Å². The van der Waals surface area contributed by atoms with E-state index in [0.29, 0.717) is 31.3 Å². The Hall–Kier alpha value is -2.00. The molecule has 0 spiro atoms. The second-order valence-electron chi connectivity index (χ2n) is 17.9. The van der Waals surface area contributed by atoms with Crippen LogP contribution in [0.2, 0.25) is 0 Å². The monoisotopic (exact) mass is 670 g/mol. The number of ether oxygens (including phenoxy) is 2. The van der Waals surface area contributed by atoms with Crippen molar-refractivity contribution in [3.05, 3.63) is 36.0 Å². The van der Waals surface area contributed by atoms with E-state index in [0.717, 1.165) is 25.7 Å². The van der Waals surface area contributed by atoms with Crippen LogP contribution in [0.1, 0.15) is 113 Å². The number of fused-ring (bicyclic) bond motifs is 7. The SMILES string of the molecule is C=CCCC(=O)OC[C@@]12C(CC(C)(C)[C@@H](O)[C@@H]1O)C1=CCC3[C@@]4(C)CC[C@H](O)[C@](C)(COC(=O)/C(C)=C/C)C4CC[C@@]3(C)[C@]1(C)C[C@H]2O. The summed E-state index contributed by atoms with van der Waals surface area (Å²) in [5.74, 6) is -0.647. The molecule has 3 unspecified atom stereocenters. The molecule has 5 aliphatic rings. The average Bonchev–Trinajstić information content (AvgIpc) is 3.03. The highest BCUT2D eigenvalue weighted by molar-refractivity contribution is 5.87. The van der Waals surface area contributed by atoms with E-state index < -0.39 is 52.0 Å². The van der Waals surface area contributed by atoms with Crippen molar-refractivity contribution in [1.29, 1.82) is 0 Å². The van der Waals surface area contributed by atoms with E-state index in [1.807, 2.05) is 20.8 Å². The van der Waals surface area contributed by atoms with Crippen molar-refractivity contribution in [1.82, 2.24) is 0 Å².